The Morgan fingerprint density at radius 3 is 2.76 bits per heavy atom. The summed E-state index contributed by atoms with van der Waals surface area (Å²) in [5.41, 5.74) is 1.10. The van der Waals surface area contributed by atoms with Gasteiger partial charge in [0.05, 0.1) is 25.9 Å². The Morgan fingerprint density at radius 1 is 1.47 bits per heavy atom. The Labute approximate surface area is 101 Å². The molecule has 1 aliphatic carbocycles. The van der Waals surface area contributed by atoms with E-state index in [1.165, 1.54) is 7.11 Å². The summed E-state index contributed by atoms with van der Waals surface area (Å²) in [4.78, 5) is 11.8. The van der Waals surface area contributed by atoms with Crippen molar-refractivity contribution in [2.24, 2.45) is 13.0 Å². The lowest BCUT2D eigenvalue weighted by Gasteiger charge is -2.17. The molecule has 2 rings (SSSR count). The van der Waals surface area contributed by atoms with Gasteiger partial charge in [0, 0.05) is 31.3 Å². The number of carbonyl (C=O) groups excluding carboxylic acids is 1. The van der Waals surface area contributed by atoms with Crippen LogP contribution in [0.3, 0.4) is 0 Å². The summed E-state index contributed by atoms with van der Waals surface area (Å²) in [5, 5.41) is 0. The van der Waals surface area contributed by atoms with Crippen molar-refractivity contribution < 1.29 is 14.3 Å². The van der Waals surface area contributed by atoms with Gasteiger partial charge >= 0.3 is 5.97 Å². The van der Waals surface area contributed by atoms with E-state index in [1.54, 1.807) is 7.11 Å². The number of aromatic nitrogens is 1. The van der Waals surface area contributed by atoms with Crippen LogP contribution in [0.25, 0.3) is 0 Å². The summed E-state index contributed by atoms with van der Waals surface area (Å²) in [5.74, 6) is 0.534. The van der Waals surface area contributed by atoms with Crippen molar-refractivity contribution in [3.8, 4) is 0 Å². The monoisotopic (exact) mass is 235 g/mol. The molecule has 0 fully saturated rings. The topological polar surface area (TPSA) is 40.5 Å². The second kappa shape index (κ2) is 4.65. The first-order valence-electron chi connectivity index (χ1n) is 5.61. The minimum Gasteiger partial charge on any atom is -0.501 e. The molecule has 1 aromatic heterocycles. The number of esters is 1. The number of rotatable bonds is 3. The van der Waals surface area contributed by atoms with Crippen molar-refractivity contribution in [3.05, 3.63) is 35.9 Å². The van der Waals surface area contributed by atoms with Crippen molar-refractivity contribution in [3.63, 3.8) is 0 Å². The molecule has 0 spiro atoms. The van der Waals surface area contributed by atoms with Crippen molar-refractivity contribution in [2.75, 3.05) is 14.2 Å². The molecule has 1 aliphatic rings. The van der Waals surface area contributed by atoms with Crippen molar-refractivity contribution in [2.45, 2.75) is 12.3 Å². The van der Waals surface area contributed by atoms with Gasteiger partial charge in [0.15, 0.2) is 0 Å². The zero-order chi connectivity index (χ0) is 12.4. The molecule has 0 aromatic carbocycles. The van der Waals surface area contributed by atoms with Crippen molar-refractivity contribution in [1.82, 2.24) is 4.57 Å². The van der Waals surface area contributed by atoms with Gasteiger partial charge in [-0.05, 0) is 18.2 Å². The maximum Gasteiger partial charge on any atom is 0.310 e. The molecular weight excluding hydrogens is 218 g/mol. The number of hydrogen-bond donors (Lipinski definition) is 0. The average molecular weight is 235 g/mol. The van der Waals surface area contributed by atoms with Crippen LogP contribution in [0.15, 0.2) is 30.2 Å². The minimum atomic E-state index is -0.181. The van der Waals surface area contributed by atoms with E-state index >= 15 is 0 Å². The van der Waals surface area contributed by atoms with Crippen LogP contribution in [0, 0.1) is 5.92 Å². The van der Waals surface area contributed by atoms with E-state index in [4.69, 9.17) is 9.47 Å². The quantitative estimate of drug-likeness (QED) is 0.750. The predicted octanol–water partition coefficient (Wildman–Crippen LogP) is 1.83. The number of nitrogens with zero attached hydrogens (tertiary/aromatic N) is 1. The fourth-order valence-electron chi connectivity index (χ4n) is 2.37. The van der Waals surface area contributed by atoms with Gasteiger partial charge < -0.3 is 14.0 Å². The van der Waals surface area contributed by atoms with Gasteiger partial charge in [-0.15, -0.1) is 0 Å². The zero-order valence-electron chi connectivity index (χ0n) is 10.3. The lowest BCUT2D eigenvalue weighted by Crippen LogP contribution is -2.21. The van der Waals surface area contributed by atoms with E-state index in [0.717, 1.165) is 11.5 Å². The molecule has 1 aromatic rings. The highest BCUT2D eigenvalue weighted by Gasteiger charge is 2.36. The summed E-state index contributed by atoms with van der Waals surface area (Å²) in [6.45, 7) is 0. The van der Waals surface area contributed by atoms with Gasteiger partial charge in [0.25, 0.3) is 0 Å². The van der Waals surface area contributed by atoms with Crippen LogP contribution in [0.2, 0.25) is 0 Å². The first-order chi connectivity index (χ1) is 8.17. The number of aryl methyl sites for hydroxylation is 1. The fourth-order valence-corrected chi connectivity index (χ4v) is 2.37. The average Bonchev–Trinajstić information content (AvgIpc) is 2.93. The predicted molar refractivity (Wildman–Crippen MR) is 63.4 cm³/mol. The lowest BCUT2D eigenvalue weighted by atomic mass is 9.92. The molecule has 4 nitrogen and oxygen atoms in total. The summed E-state index contributed by atoms with van der Waals surface area (Å²) in [6, 6.07) is 4.00. The van der Waals surface area contributed by atoms with E-state index < -0.39 is 0 Å². The zero-order valence-corrected chi connectivity index (χ0v) is 10.3. The Bertz CT molecular complexity index is 447. The summed E-state index contributed by atoms with van der Waals surface area (Å²) >= 11 is 0. The molecule has 0 radical (unpaired) electrons. The Hall–Kier alpha value is -1.71. The van der Waals surface area contributed by atoms with Crippen LogP contribution in [0.5, 0.6) is 0 Å². The van der Waals surface area contributed by atoms with Gasteiger partial charge in [-0.3, -0.25) is 4.79 Å². The molecule has 0 saturated heterocycles. The number of allylic oxidation sites excluding steroid dienone is 2. The molecule has 0 amide bonds. The highest BCUT2D eigenvalue weighted by atomic mass is 16.5. The van der Waals surface area contributed by atoms with Gasteiger partial charge in [-0.1, -0.05) is 0 Å². The lowest BCUT2D eigenvalue weighted by molar-refractivity contribution is -0.145. The van der Waals surface area contributed by atoms with Crippen LogP contribution in [-0.4, -0.2) is 24.8 Å². The number of carbonyl (C=O) groups is 1. The van der Waals surface area contributed by atoms with Crippen LogP contribution in [0.4, 0.5) is 0 Å². The van der Waals surface area contributed by atoms with E-state index in [0.29, 0.717) is 6.42 Å². The molecule has 0 aliphatic heterocycles. The van der Waals surface area contributed by atoms with Crippen molar-refractivity contribution in [1.29, 1.82) is 0 Å². The molecule has 0 saturated carbocycles. The summed E-state index contributed by atoms with van der Waals surface area (Å²) in [6.07, 6.45) is 4.60. The normalized spacial score (nSPS) is 23.4. The smallest absolute Gasteiger partial charge is 0.310 e. The Morgan fingerprint density at radius 2 is 2.24 bits per heavy atom. The van der Waals surface area contributed by atoms with Crippen LogP contribution >= 0.6 is 0 Å². The van der Waals surface area contributed by atoms with Gasteiger partial charge in [0.1, 0.15) is 0 Å². The number of methoxy groups -OCH3 is 2. The Kier molecular flexibility index (Phi) is 3.22. The molecular formula is C13H17NO3. The molecule has 0 bridgehead atoms. The minimum absolute atomic E-state index is 0.0393. The summed E-state index contributed by atoms with van der Waals surface area (Å²) < 4.78 is 12.1. The van der Waals surface area contributed by atoms with Crippen LogP contribution < -0.4 is 0 Å². The molecule has 0 unspecified atom stereocenters. The second-order valence-electron chi connectivity index (χ2n) is 4.24. The summed E-state index contributed by atoms with van der Waals surface area (Å²) in [7, 11) is 5.03. The van der Waals surface area contributed by atoms with Gasteiger partial charge in [0.2, 0.25) is 0 Å². The van der Waals surface area contributed by atoms with E-state index in [-0.39, 0.29) is 17.8 Å². The van der Waals surface area contributed by atoms with Crippen molar-refractivity contribution >= 4 is 5.97 Å². The Balaban J connectivity index is 2.31. The van der Waals surface area contributed by atoms with E-state index in [9.17, 15) is 4.79 Å². The van der Waals surface area contributed by atoms with Gasteiger partial charge in [-0.2, -0.15) is 0 Å². The molecule has 2 atom stereocenters. The third-order valence-corrected chi connectivity index (χ3v) is 3.31. The number of ether oxygens (including phenoxy) is 2. The first kappa shape index (κ1) is 11.8. The van der Waals surface area contributed by atoms with Gasteiger partial charge in [-0.25, -0.2) is 0 Å². The highest BCUT2D eigenvalue weighted by Crippen LogP contribution is 2.39. The third kappa shape index (κ3) is 2.07. The van der Waals surface area contributed by atoms with E-state index in [2.05, 4.69) is 0 Å². The highest BCUT2D eigenvalue weighted by molar-refractivity contribution is 5.75. The second-order valence-corrected chi connectivity index (χ2v) is 4.24. The molecule has 17 heavy (non-hydrogen) atoms. The van der Waals surface area contributed by atoms with Crippen LogP contribution in [0.1, 0.15) is 18.0 Å². The maximum absolute atomic E-state index is 11.8. The SMILES string of the molecule is COC(=O)[C@@H]1CC(OC)=C[C@H]1c1cccn1C. The number of hydrogen-bond acceptors (Lipinski definition) is 3. The first-order valence-corrected chi connectivity index (χ1v) is 5.61. The maximum atomic E-state index is 11.8. The molecule has 1 heterocycles. The fraction of sp³-hybridized carbons (Fsp3) is 0.462. The largest absolute Gasteiger partial charge is 0.501 e. The molecule has 0 N–H and O–H groups in total. The molecule has 4 heteroatoms. The standard InChI is InChI=1S/C13H17NO3/c1-14-6-4-5-12(14)10-7-9(16-2)8-11(10)13(15)17-3/h4-7,10-11H,8H2,1-3H3/t10-,11-/m1/s1. The molecule has 92 valence electrons. The third-order valence-electron chi connectivity index (χ3n) is 3.31. The van der Waals surface area contributed by atoms with E-state index in [1.807, 2.05) is 36.0 Å². The van der Waals surface area contributed by atoms with Crippen LogP contribution in [-0.2, 0) is 21.3 Å².